The Morgan fingerprint density at radius 3 is 2.94 bits per heavy atom. The number of nitrogens with zero attached hydrogens (tertiary/aromatic N) is 3. The maximum absolute atomic E-state index is 4.48. The molecule has 2 aromatic rings. The lowest BCUT2D eigenvalue weighted by atomic mass is 9.89. The third-order valence-electron chi connectivity index (χ3n) is 3.75. The third kappa shape index (κ3) is 2.47. The van der Waals surface area contributed by atoms with Crippen molar-refractivity contribution in [1.82, 2.24) is 14.6 Å². The van der Waals surface area contributed by atoms with Gasteiger partial charge >= 0.3 is 0 Å². The molecular formula is C14H20N4. The number of hydrogen-bond acceptors (Lipinski definition) is 3. The number of hydrogen-bond donors (Lipinski definition) is 1. The lowest BCUT2D eigenvalue weighted by Crippen LogP contribution is -2.17. The molecule has 1 fully saturated rings. The van der Waals surface area contributed by atoms with E-state index < -0.39 is 0 Å². The van der Waals surface area contributed by atoms with E-state index in [-0.39, 0.29) is 0 Å². The Balaban J connectivity index is 1.67. The van der Waals surface area contributed by atoms with E-state index in [0.29, 0.717) is 0 Å². The highest BCUT2D eigenvalue weighted by molar-refractivity contribution is 5.44. The van der Waals surface area contributed by atoms with Gasteiger partial charge in [-0.3, -0.25) is 0 Å². The van der Waals surface area contributed by atoms with Crippen molar-refractivity contribution in [3.63, 3.8) is 0 Å². The van der Waals surface area contributed by atoms with Crippen LogP contribution in [0.3, 0.4) is 0 Å². The average molecular weight is 244 g/mol. The topological polar surface area (TPSA) is 42.2 Å². The normalized spacial score (nSPS) is 17.2. The Labute approximate surface area is 107 Å². The Morgan fingerprint density at radius 2 is 2.11 bits per heavy atom. The zero-order chi connectivity index (χ0) is 12.4. The zero-order valence-electron chi connectivity index (χ0n) is 10.9. The molecule has 0 saturated heterocycles. The van der Waals surface area contributed by atoms with Crippen LogP contribution in [0.1, 0.15) is 37.7 Å². The highest BCUT2D eigenvalue weighted by Gasteiger charge is 2.13. The number of aryl methyl sites for hydroxylation is 1. The molecule has 4 nitrogen and oxygen atoms in total. The molecule has 0 aliphatic heterocycles. The summed E-state index contributed by atoms with van der Waals surface area (Å²) in [4.78, 5) is 4.48. The summed E-state index contributed by atoms with van der Waals surface area (Å²) >= 11 is 0. The molecule has 96 valence electrons. The number of nitrogens with one attached hydrogen (secondary N) is 1. The lowest BCUT2D eigenvalue weighted by Gasteiger charge is -2.21. The molecule has 0 unspecified atom stereocenters. The SMILES string of the molecule is Cc1ccc2nc(NCC3CCCCC3)nn2c1. The van der Waals surface area contributed by atoms with Crippen molar-refractivity contribution in [2.75, 3.05) is 11.9 Å². The van der Waals surface area contributed by atoms with Crippen LogP contribution in [-0.4, -0.2) is 21.1 Å². The Hall–Kier alpha value is -1.58. The van der Waals surface area contributed by atoms with Gasteiger partial charge in [-0.25, -0.2) is 4.52 Å². The van der Waals surface area contributed by atoms with Crippen molar-refractivity contribution < 1.29 is 0 Å². The minimum atomic E-state index is 0.756. The quantitative estimate of drug-likeness (QED) is 0.902. The fourth-order valence-corrected chi connectivity index (χ4v) is 2.69. The van der Waals surface area contributed by atoms with Crippen LogP contribution in [0.2, 0.25) is 0 Å². The molecule has 4 heteroatoms. The van der Waals surface area contributed by atoms with Crippen molar-refractivity contribution in [1.29, 1.82) is 0 Å². The second-order valence-corrected chi connectivity index (χ2v) is 5.33. The molecule has 1 saturated carbocycles. The number of rotatable bonds is 3. The minimum absolute atomic E-state index is 0.756. The molecular weight excluding hydrogens is 224 g/mol. The first-order chi connectivity index (χ1) is 8.81. The van der Waals surface area contributed by atoms with E-state index in [1.54, 1.807) is 0 Å². The Kier molecular flexibility index (Phi) is 3.17. The maximum atomic E-state index is 4.48. The van der Waals surface area contributed by atoms with Crippen LogP contribution in [0.15, 0.2) is 18.3 Å². The first kappa shape index (κ1) is 11.5. The summed E-state index contributed by atoms with van der Waals surface area (Å²) in [5, 5.41) is 7.83. The van der Waals surface area contributed by atoms with Gasteiger partial charge < -0.3 is 5.32 Å². The molecule has 18 heavy (non-hydrogen) atoms. The fourth-order valence-electron chi connectivity index (χ4n) is 2.69. The van der Waals surface area contributed by atoms with E-state index in [0.717, 1.165) is 24.1 Å². The highest BCUT2D eigenvalue weighted by atomic mass is 15.3. The fraction of sp³-hybridized carbons (Fsp3) is 0.571. The molecule has 2 aromatic heterocycles. The van der Waals surface area contributed by atoms with Crippen molar-refractivity contribution in [2.24, 2.45) is 5.92 Å². The predicted molar refractivity (Wildman–Crippen MR) is 72.8 cm³/mol. The molecule has 2 heterocycles. The lowest BCUT2D eigenvalue weighted by molar-refractivity contribution is 0.373. The standard InChI is InChI=1S/C14H20N4/c1-11-7-8-13-16-14(17-18(13)10-11)15-9-12-5-3-2-4-6-12/h7-8,10,12H,2-6,9H2,1H3,(H,15,17). The molecule has 0 spiro atoms. The summed E-state index contributed by atoms with van der Waals surface area (Å²) in [7, 11) is 0. The van der Waals surface area contributed by atoms with Crippen molar-refractivity contribution in [3.8, 4) is 0 Å². The number of fused-ring (bicyclic) bond motifs is 1. The molecule has 0 radical (unpaired) electrons. The largest absolute Gasteiger partial charge is 0.353 e. The van der Waals surface area contributed by atoms with Gasteiger partial charge in [-0.2, -0.15) is 4.98 Å². The van der Waals surface area contributed by atoms with Crippen LogP contribution in [0.25, 0.3) is 5.65 Å². The van der Waals surface area contributed by atoms with Gasteiger partial charge in [0.25, 0.3) is 0 Å². The average Bonchev–Trinajstić information content (AvgIpc) is 2.79. The van der Waals surface area contributed by atoms with E-state index in [9.17, 15) is 0 Å². The van der Waals surface area contributed by atoms with E-state index in [4.69, 9.17) is 0 Å². The molecule has 0 amide bonds. The second-order valence-electron chi connectivity index (χ2n) is 5.33. The van der Waals surface area contributed by atoms with Gasteiger partial charge in [0.15, 0.2) is 5.65 Å². The molecule has 0 aromatic carbocycles. The molecule has 3 rings (SSSR count). The first-order valence-electron chi connectivity index (χ1n) is 6.88. The Morgan fingerprint density at radius 1 is 1.28 bits per heavy atom. The van der Waals surface area contributed by atoms with Crippen LogP contribution < -0.4 is 5.32 Å². The summed E-state index contributed by atoms with van der Waals surface area (Å²) in [6, 6.07) is 4.07. The van der Waals surface area contributed by atoms with E-state index in [1.807, 2.05) is 16.8 Å². The number of anilines is 1. The smallest absolute Gasteiger partial charge is 0.243 e. The van der Waals surface area contributed by atoms with Crippen LogP contribution in [0.4, 0.5) is 5.95 Å². The summed E-state index contributed by atoms with van der Waals surface area (Å²) in [5.74, 6) is 1.55. The number of aromatic nitrogens is 3. The molecule has 1 N–H and O–H groups in total. The van der Waals surface area contributed by atoms with Crippen LogP contribution >= 0.6 is 0 Å². The van der Waals surface area contributed by atoms with Gasteiger partial charge in [0.05, 0.1) is 0 Å². The zero-order valence-corrected chi connectivity index (χ0v) is 10.9. The van der Waals surface area contributed by atoms with Gasteiger partial charge in [-0.15, -0.1) is 5.10 Å². The van der Waals surface area contributed by atoms with Crippen LogP contribution in [0, 0.1) is 12.8 Å². The molecule has 1 aliphatic carbocycles. The highest BCUT2D eigenvalue weighted by Crippen LogP contribution is 2.23. The predicted octanol–water partition coefficient (Wildman–Crippen LogP) is 3.03. The third-order valence-corrected chi connectivity index (χ3v) is 3.75. The van der Waals surface area contributed by atoms with Gasteiger partial charge in [-0.05, 0) is 37.3 Å². The van der Waals surface area contributed by atoms with Gasteiger partial charge in [0, 0.05) is 12.7 Å². The van der Waals surface area contributed by atoms with E-state index >= 15 is 0 Å². The van der Waals surface area contributed by atoms with Crippen molar-refractivity contribution in [2.45, 2.75) is 39.0 Å². The monoisotopic (exact) mass is 244 g/mol. The summed E-state index contributed by atoms with van der Waals surface area (Å²) in [5.41, 5.74) is 2.11. The maximum Gasteiger partial charge on any atom is 0.243 e. The molecule has 0 bridgehead atoms. The van der Waals surface area contributed by atoms with Crippen molar-refractivity contribution >= 4 is 11.6 Å². The first-order valence-corrected chi connectivity index (χ1v) is 6.88. The summed E-state index contributed by atoms with van der Waals surface area (Å²) in [6.45, 7) is 3.08. The van der Waals surface area contributed by atoms with Crippen molar-refractivity contribution in [3.05, 3.63) is 23.9 Å². The summed E-state index contributed by atoms with van der Waals surface area (Å²) < 4.78 is 1.85. The second kappa shape index (κ2) is 4.96. The minimum Gasteiger partial charge on any atom is -0.353 e. The van der Waals surface area contributed by atoms with E-state index in [1.165, 1.54) is 37.7 Å². The summed E-state index contributed by atoms with van der Waals surface area (Å²) in [6.07, 6.45) is 8.86. The van der Waals surface area contributed by atoms with Crippen LogP contribution in [0.5, 0.6) is 0 Å². The molecule has 0 atom stereocenters. The van der Waals surface area contributed by atoms with Gasteiger partial charge in [-0.1, -0.05) is 25.3 Å². The Bertz CT molecular complexity index is 526. The van der Waals surface area contributed by atoms with Gasteiger partial charge in [0.2, 0.25) is 5.95 Å². The van der Waals surface area contributed by atoms with E-state index in [2.05, 4.69) is 28.4 Å². The van der Waals surface area contributed by atoms with Crippen LogP contribution in [-0.2, 0) is 0 Å². The molecule has 1 aliphatic rings. The number of pyridine rings is 1. The van der Waals surface area contributed by atoms with Gasteiger partial charge in [0.1, 0.15) is 0 Å².